The monoisotopic (exact) mass is 354 g/mol. The largest absolute Gasteiger partial charge is 0.469 e. The van der Waals surface area contributed by atoms with Crippen LogP contribution in [-0.2, 0) is 23.3 Å². The molecular weight excluding hydrogens is 335 g/mol. The summed E-state index contributed by atoms with van der Waals surface area (Å²) in [5.74, 6) is -0.697. The average molecular weight is 354 g/mol. The molecule has 0 saturated carbocycles. The first kappa shape index (κ1) is 16.9. The first-order chi connectivity index (χ1) is 11.4. The lowest BCUT2D eigenvalue weighted by molar-refractivity contribution is 0.146. The van der Waals surface area contributed by atoms with Crippen LogP contribution in [0, 0.1) is 5.82 Å². The molecule has 0 bridgehead atoms. The first-order valence-electron chi connectivity index (χ1n) is 7.46. The highest BCUT2D eigenvalue weighted by molar-refractivity contribution is 7.86. The van der Waals surface area contributed by atoms with Crippen LogP contribution in [0.3, 0.4) is 0 Å². The summed E-state index contributed by atoms with van der Waals surface area (Å²) < 4.78 is 48.9. The van der Waals surface area contributed by atoms with Crippen molar-refractivity contribution in [3.05, 3.63) is 48.2 Å². The van der Waals surface area contributed by atoms with Crippen LogP contribution in [0.4, 0.5) is 4.39 Å². The summed E-state index contributed by atoms with van der Waals surface area (Å²) in [5.41, 5.74) is 0.855. The van der Waals surface area contributed by atoms with E-state index in [1.54, 1.807) is 0 Å². The van der Waals surface area contributed by atoms with Crippen LogP contribution in [0.25, 0.3) is 0 Å². The van der Waals surface area contributed by atoms with E-state index in [-0.39, 0.29) is 19.0 Å². The second kappa shape index (κ2) is 6.50. The van der Waals surface area contributed by atoms with E-state index in [4.69, 9.17) is 4.74 Å². The summed E-state index contributed by atoms with van der Waals surface area (Å²) in [5, 5.41) is 0. The van der Waals surface area contributed by atoms with Gasteiger partial charge in [0, 0.05) is 32.2 Å². The van der Waals surface area contributed by atoms with Crippen LogP contribution in [-0.4, -0.2) is 53.3 Å². The Bertz CT molecular complexity index is 822. The Kier molecular flexibility index (Phi) is 4.57. The van der Waals surface area contributed by atoms with Crippen LogP contribution < -0.4 is 4.74 Å². The molecule has 3 heterocycles. The highest BCUT2D eigenvalue weighted by atomic mass is 32.2. The minimum atomic E-state index is -3.62. The fraction of sp³-hybridized carbons (Fsp3) is 0.400. The van der Waals surface area contributed by atoms with E-state index in [2.05, 4.69) is 4.98 Å². The Morgan fingerprint density at radius 1 is 1.29 bits per heavy atom. The van der Waals surface area contributed by atoms with Crippen molar-refractivity contribution in [2.75, 3.05) is 20.6 Å². The molecule has 0 N–H and O–H groups in total. The quantitative estimate of drug-likeness (QED) is 0.824. The zero-order valence-corrected chi connectivity index (χ0v) is 14.3. The molecular formula is C15H19FN4O3S. The maximum atomic E-state index is 13.8. The molecule has 1 atom stereocenters. The number of nitrogens with zero attached hydrogens (tertiary/aromatic N) is 4. The van der Waals surface area contributed by atoms with Crippen molar-refractivity contribution in [1.82, 2.24) is 18.2 Å². The fourth-order valence-electron chi connectivity index (χ4n) is 2.62. The van der Waals surface area contributed by atoms with Gasteiger partial charge in [-0.05, 0) is 24.3 Å². The van der Waals surface area contributed by atoms with Gasteiger partial charge < -0.3 is 9.30 Å². The van der Waals surface area contributed by atoms with E-state index >= 15 is 0 Å². The van der Waals surface area contributed by atoms with Crippen LogP contribution >= 0.6 is 0 Å². The predicted molar refractivity (Wildman–Crippen MR) is 86.1 cm³/mol. The van der Waals surface area contributed by atoms with Gasteiger partial charge in [-0.15, -0.1) is 0 Å². The number of ether oxygens (including phenoxy) is 1. The molecule has 2 aromatic heterocycles. The Labute approximate surface area is 140 Å². The second-order valence-corrected chi connectivity index (χ2v) is 7.91. The van der Waals surface area contributed by atoms with Crippen LogP contribution in [0.1, 0.15) is 5.69 Å². The van der Waals surface area contributed by atoms with Gasteiger partial charge in [-0.25, -0.2) is 9.37 Å². The molecule has 3 rings (SSSR count). The molecule has 0 aliphatic carbocycles. The van der Waals surface area contributed by atoms with E-state index in [1.165, 1.54) is 36.7 Å². The Balaban J connectivity index is 1.91. The highest BCUT2D eigenvalue weighted by Crippen LogP contribution is 2.21. The highest BCUT2D eigenvalue weighted by Gasteiger charge is 2.32. The van der Waals surface area contributed by atoms with Crippen molar-refractivity contribution in [3.63, 3.8) is 0 Å². The van der Waals surface area contributed by atoms with Crippen molar-refractivity contribution in [3.8, 4) is 5.88 Å². The number of hydrogen-bond donors (Lipinski definition) is 0. The van der Waals surface area contributed by atoms with Gasteiger partial charge in [0.05, 0.1) is 19.6 Å². The van der Waals surface area contributed by atoms with Crippen molar-refractivity contribution < 1.29 is 17.5 Å². The lowest BCUT2D eigenvalue weighted by atomic mass is 10.3. The number of halogens is 1. The van der Waals surface area contributed by atoms with Gasteiger partial charge >= 0.3 is 0 Å². The molecule has 0 aromatic carbocycles. The zero-order valence-electron chi connectivity index (χ0n) is 13.5. The summed E-state index contributed by atoms with van der Waals surface area (Å²) in [7, 11) is -0.661. The van der Waals surface area contributed by atoms with E-state index in [1.807, 2.05) is 22.9 Å². The summed E-state index contributed by atoms with van der Waals surface area (Å²) in [6, 6.07) is 6.44. The summed E-state index contributed by atoms with van der Waals surface area (Å²) >= 11 is 0. The summed E-state index contributed by atoms with van der Waals surface area (Å²) in [4.78, 5) is 3.88. The van der Waals surface area contributed by atoms with E-state index in [0.717, 1.165) is 10.00 Å². The third-order valence-electron chi connectivity index (χ3n) is 3.86. The molecule has 0 amide bonds. The molecule has 0 saturated heterocycles. The first-order valence-corrected chi connectivity index (χ1v) is 8.86. The topological polar surface area (TPSA) is 67.7 Å². The molecule has 7 nitrogen and oxygen atoms in total. The molecule has 1 aliphatic rings. The van der Waals surface area contributed by atoms with Crippen molar-refractivity contribution in [2.45, 2.75) is 19.2 Å². The number of pyridine rings is 1. The maximum absolute atomic E-state index is 13.8. The van der Waals surface area contributed by atoms with Gasteiger partial charge in [0.2, 0.25) is 0 Å². The Hall–Kier alpha value is -1.97. The smallest absolute Gasteiger partial charge is 0.281 e. The Morgan fingerprint density at radius 3 is 2.79 bits per heavy atom. The van der Waals surface area contributed by atoms with E-state index < -0.39 is 22.1 Å². The Morgan fingerprint density at radius 2 is 2.08 bits per heavy atom. The molecule has 9 heteroatoms. The molecule has 24 heavy (non-hydrogen) atoms. The average Bonchev–Trinajstić information content (AvgIpc) is 2.88. The second-order valence-electron chi connectivity index (χ2n) is 5.76. The maximum Gasteiger partial charge on any atom is 0.281 e. The third kappa shape index (κ3) is 3.28. The normalized spacial score (nSPS) is 19.1. The predicted octanol–water partition coefficient (Wildman–Crippen LogP) is 1.09. The van der Waals surface area contributed by atoms with E-state index in [9.17, 15) is 12.8 Å². The van der Waals surface area contributed by atoms with Crippen molar-refractivity contribution in [1.29, 1.82) is 0 Å². The van der Waals surface area contributed by atoms with Gasteiger partial charge in [-0.3, -0.25) is 0 Å². The van der Waals surface area contributed by atoms with Gasteiger partial charge in [-0.2, -0.15) is 17.0 Å². The van der Waals surface area contributed by atoms with Crippen molar-refractivity contribution in [2.24, 2.45) is 0 Å². The van der Waals surface area contributed by atoms with Crippen LogP contribution in [0.5, 0.6) is 5.88 Å². The molecule has 0 radical (unpaired) electrons. The van der Waals surface area contributed by atoms with Crippen molar-refractivity contribution >= 4 is 10.2 Å². The fourth-order valence-corrected chi connectivity index (χ4v) is 3.73. The van der Waals surface area contributed by atoms with Crippen LogP contribution in [0.2, 0.25) is 0 Å². The third-order valence-corrected chi connectivity index (χ3v) is 5.71. The lowest BCUT2D eigenvalue weighted by Gasteiger charge is -2.26. The number of hydrogen-bond acceptors (Lipinski definition) is 4. The molecule has 2 aromatic rings. The minimum absolute atomic E-state index is 0.109. The minimum Gasteiger partial charge on any atom is -0.469 e. The molecule has 130 valence electrons. The van der Waals surface area contributed by atoms with Crippen LogP contribution in [0.15, 0.2) is 36.7 Å². The number of rotatable bonds is 4. The van der Waals surface area contributed by atoms with E-state index in [0.29, 0.717) is 6.54 Å². The number of fused-ring (bicyclic) bond motifs is 1. The van der Waals surface area contributed by atoms with Gasteiger partial charge in [0.15, 0.2) is 5.82 Å². The number of aromatic nitrogens is 2. The molecule has 1 aliphatic heterocycles. The molecule has 0 unspecified atom stereocenters. The van der Waals surface area contributed by atoms with Gasteiger partial charge in [0.25, 0.3) is 16.1 Å². The lowest BCUT2D eigenvalue weighted by Crippen LogP contribution is -2.44. The van der Waals surface area contributed by atoms with Gasteiger partial charge in [0.1, 0.15) is 6.10 Å². The molecule has 0 spiro atoms. The molecule has 0 fully saturated rings. The summed E-state index contributed by atoms with van der Waals surface area (Å²) in [6.07, 6.45) is 2.73. The van der Waals surface area contributed by atoms with Gasteiger partial charge in [-0.1, -0.05) is 0 Å². The summed E-state index contributed by atoms with van der Waals surface area (Å²) in [6.45, 7) is 0.758. The zero-order chi connectivity index (χ0) is 17.3. The standard InChI is InChI=1S/C15H19FN4O3S/c1-18(2)24(21,22)20-9-12-5-4-8-19(12)10-13(11-20)23-15-14(16)6-3-7-17-15/h3-8,13H,9-11H2,1-2H3/t13-/m0/s1. The SMILES string of the molecule is CN(C)S(=O)(=O)N1Cc2cccn2C[C@H](Oc2ncccc2F)C1.